The first-order valence-electron chi connectivity index (χ1n) is 5.94. The summed E-state index contributed by atoms with van der Waals surface area (Å²) in [7, 11) is 0. The molecule has 0 radical (unpaired) electrons. The van der Waals surface area contributed by atoms with Crippen LogP contribution in [0.3, 0.4) is 0 Å². The molecule has 1 aromatic carbocycles. The number of thiophene rings is 1. The second kappa shape index (κ2) is 5.78. The summed E-state index contributed by atoms with van der Waals surface area (Å²) in [4.78, 5) is 13.4. The number of hydrogen-bond acceptors (Lipinski definition) is 2. The Labute approximate surface area is 106 Å². The van der Waals surface area contributed by atoms with Gasteiger partial charge in [0, 0.05) is 16.9 Å². The van der Waals surface area contributed by atoms with Gasteiger partial charge in [0.2, 0.25) is 0 Å². The molecule has 0 aliphatic carbocycles. The Morgan fingerprint density at radius 1 is 1.18 bits per heavy atom. The van der Waals surface area contributed by atoms with Crippen molar-refractivity contribution in [3.63, 3.8) is 0 Å². The Kier molecular flexibility index (Phi) is 4.10. The molecule has 17 heavy (non-hydrogen) atoms. The fourth-order valence-corrected chi connectivity index (χ4v) is 2.64. The summed E-state index contributed by atoms with van der Waals surface area (Å²) in [5.41, 5.74) is 2.05. The van der Waals surface area contributed by atoms with E-state index in [1.165, 1.54) is 4.88 Å². The van der Waals surface area contributed by atoms with Crippen LogP contribution in [0.15, 0.2) is 41.8 Å². The van der Waals surface area contributed by atoms with Gasteiger partial charge in [0.25, 0.3) is 0 Å². The Balaban J connectivity index is 2.04. The van der Waals surface area contributed by atoms with Gasteiger partial charge in [0.1, 0.15) is 0 Å². The smallest absolute Gasteiger partial charge is 0.163 e. The van der Waals surface area contributed by atoms with Crippen molar-refractivity contribution in [2.24, 2.45) is 0 Å². The highest BCUT2D eigenvalue weighted by Gasteiger charge is 2.09. The second-order valence-corrected chi connectivity index (χ2v) is 5.05. The summed E-state index contributed by atoms with van der Waals surface area (Å²) >= 11 is 1.72. The summed E-state index contributed by atoms with van der Waals surface area (Å²) < 4.78 is 0. The molecule has 0 aliphatic heterocycles. The molecule has 1 heterocycles. The van der Waals surface area contributed by atoms with Crippen LogP contribution in [-0.4, -0.2) is 5.78 Å². The van der Waals surface area contributed by atoms with Gasteiger partial charge in [-0.15, -0.1) is 11.3 Å². The molecule has 2 heteroatoms. The highest BCUT2D eigenvalue weighted by Crippen LogP contribution is 2.16. The van der Waals surface area contributed by atoms with Crippen LogP contribution in [0.25, 0.3) is 0 Å². The first-order chi connectivity index (χ1) is 8.31. The van der Waals surface area contributed by atoms with E-state index in [4.69, 9.17) is 0 Å². The molecule has 0 spiro atoms. The largest absolute Gasteiger partial charge is 0.294 e. The minimum atomic E-state index is 0.260. The first kappa shape index (κ1) is 12.1. The SMILES string of the molecule is CCc1ccccc1C(=O)CCc1cccs1. The van der Waals surface area contributed by atoms with Gasteiger partial charge in [-0.05, 0) is 29.9 Å². The number of ketones is 1. The Morgan fingerprint density at radius 2 is 2.00 bits per heavy atom. The van der Waals surface area contributed by atoms with Crippen LogP contribution in [0.2, 0.25) is 0 Å². The predicted octanol–water partition coefficient (Wildman–Crippen LogP) is 4.13. The maximum atomic E-state index is 12.1. The number of carbonyl (C=O) groups is 1. The lowest BCUT2D eigenvalue weighted by molar-refractivity contribution is 0.0982. The topological polar surface area (TPSA) is 17.1 Å². The molecule has 0 unspecified atom stereocenters. The molecule has 0 aliphatic rings. The van der Waals surface area contributed by atoms with Crippen molar-refractivity contribution in [2.75, 3.05) is 0 Å². The minimum absolute atomic E-state index is 0.260. The van der Waals surface area contributed by atoms with Crippen molar-refractivity contribution in [3.8, 4) is 0 Å². The molecule has 0 saturated carbocycles. The van der Waals surface area contributed by atoms with Gasteiger partial charge < -0.3 is 0 Å². The molecule has 0 saturated heterocycles. The van der Waals surface area contributed by atoms with Gasteiger partial charge in [-0.25, -0.2) is 0 Å². The average molecular weight is 244 g/mol. The van der Waals surface area contributed by atoms with E-state index in [0.29, 0.717) is 6.42 Å². The van der Waals surface area contributed by atoms with Gasteiger partial charge in [-0.3, -0.25) is 4.79 Å². The normalized spacial score (nSPS) is 10.4. The molecular weight excluding hydrogens is 228 g/mol. The van der Waals surface area contributed by atoms with Crippen LogP contribution in [0.4, 0.5) is 0 Å². The van der Waals surface area contributed by atoms with Crippen molar-refractivity contribution in [2.45, 2.75) is 26.2 Å². The summed E-state index contributed by atoms with van der Waals surface area (Å²) in [6, 6.07) is 12.0. The Bertz CT molecular complexity index is 485. The van der Waals surface area contributed by atoms with E-state index >= 15 is 0 Å². The van der Waals surface area contributed by atoms with E-state index < -0.39 is 0 Å². The van der Waals surface area contributed by atoms with E-state index in [1.54, 1.807) is 11.3 Å². The lowest BCUT2D eigenvalue weighted by Gasteiger charge is -2.05. The number of aryl methyl sites for hydroxylation is 2. The molecule has 88 valence electrons. The number of hydrogen-bond donors (Lipinski definition) is 0. The highest BCUT2D eigenvalue weighted by molar-refractivity contribution is 7.09. The van der Waals surface area contributed by atoms with Gasteiger partial charge in [-0.1, -0.05) is 37.3 Å². The van der Waals surface area contributed by atoms with Crippen LogP contribution in [-0.2, 0) is 12.8 Å². The van der Waals surface area contributed by atoms with Crippen LogP contribution in [0, 0.1) is 0 Å². The molecule has 2 rings (SSSR count). The van der Waals surface area contributed by atoms with Gasteiger partial charge >= 0.3 is 0 Å². The summed E-state index contributed by atoms with van der Waals surface area (Å²) in [6.07, 6.45) is 2.38. The van der Waals surface area contributed by atoms with Gasteiger partial charge in [-0.2, -0.15) is 0 Å². The zero-order chi connectivity index (χ0) is 12.1. The lowest BCUT2D eigenvalue weighted by Crippen LogP contribution is -2.04. The molecule has 0 fully saturated rings. The molecule has 1 aromatic heterocycles. The fraction of sp³-hybridized carbons (Fsp3) is 0.267. The van der Waals surface area contributed by atoms with E-state index in [1.807, 2.05) is 30.3 Å². The van der Waals surface area contributed by atoms with E-state index in [-0.39, 0.29) is 5.78 Å². The van der Waals surface area contributed by atoms with Gasteiger partial charge in [0.15, 0.2) is 5.78 Å². The van der Waals surface area contributed by atoms with Crippen molar-refractivity contribution in [3.05, 3.63) is 57.8 Å². The Morgan fingerprint density at radius 3 is 2.71 bits per heavy atom. The van der Waals surface area contributed by atoms with Crippen LogP contribution in [0.5, 0.6) is 0 Å². The monoisotopic (exact) mass is 244 g/mol. The van der Waals surface area contributed by atoms with Crippen molar-refractivity contribution in [1.29, 1.82) is 0 Å². The second-order valence-electron chi connectivity index (χ2n) is 4.01. The fourth-order valence-electron chi connectivity index (χ4n) is 1.93. The number of carbonyl (C=O) groups excluding carboxylic acids is 1. The highest BCUT2D eigenvalue weighted by atomic mass is 32.1. The quantitative estimate of drug-likeness (QED) is 0.723. The summed E-state index contributed by atoms with van der Waals surface area (Å²) in [5.74, 6) is 0.260. The van der Waals surface area contributed by atoms with Crippen LogP contribution < -0.4 is 0 Å². The summed E-state index contributed by atoms with van der Waals surface area (Å²) in [5, 5.41) is 2.06. The molecule has 1 nitrogen and oxygen atoms in total. The molecule has 0 atom stereocenters. The molecule has 0 N–H and O–H groups in total. The standard InChI is InChI=1S/C15H16OS/c1-2-12-6-3-4-8-14(12)15(16)10-9-13-7-5-11-17-13/h3-8,11H,2,9-10H2,1H3. The zero-order valence-corrected chi connectivity index (χ0v) is 10.8. The maximum absolute atomic E-state index is 12.1. The van der Waals surface area contributed by atoms with E-state index in [0.717, 1.165) is 24.0 Å². The van der Waals surface area contributed by atoms with E-state index in [9.17, 15) is 4.79 Å². The van der Waals surface area contributed by atoms with Gasteiger partial charge in [0.05, 0.1) is 0 Å². The predicted molar refractivity (Wildman–Crippen MR) is 72.8 cm³/mol. The van der Waals surface area contributed by atoms with E-state index in [2.05, 4.69) is 18.4 Å². The van der Waals surface area contributed by atoms with Crippen LogP contribution >= 0.6 is 11.3 Å². The van der Waals surface area contributed by atoms with Crippen LogP contribution in [0.1, 0.15) is 34.1 Å². The lowest BCUT2D eigenvalue weighted by atomic mass is 9.99. The third-order valence-corrected chi connectivity index (χ3v) is 3.81. The van der Waals surface area contributed by atoms with Crippen molar-refractivity contribution < 1.29 is 4.79 Å². The number of benzene rings is 1. The Hall–Kier alpha value is -1.41. The zero-order valence-electron chi connectivity index (χ0n) is 9.98. The number of Topliss-reactive ketones (excluding diaryl/α,β-unsaturated/α-hetero) is 1. The molecular formula is C15H16OS. The average Bonchev–Trinajstić information content (AvgIpc) is 2.89. The molecule has 0 amide bonds. The molecule has 0 bridgehead atoms. The summed E-state index contributed by atoms with van der Waals surface area (Å²) in [6.45, 7) is 2.09. The molecule has 2 aromatic rings. The first-order valence-corrected chi connectivity index (χ1v) is 6.82. The van der Waals surface area contributed by atoms with Crippen molar-refractivity contribution in [1.82, 2.24) is 0 Å². The van der Waals surface area contributed by atoms with Crippen molar-refractivity contribution >= 4 is 17.1 Å². The third-order valence-electron chi connectivity index (χ3n) is 2.88. The third kappa shape index (κ3) is 3.04. The number of rotatable bonds is 5. The maximum Gasteiger partial charge on any atom is 0.163 e. The minimum Gasteiger partial charge on any atom is -0.294 e.